The van der Waals surface area contributed by atoms with Crippen LogP contribution in [0.4, 0.5) is 17.1 Å². The van der Waals surface area contributed by atoms with Crippen LogP contribution < -0.4 is 10.2 Å². The predicted octanol–water partition coefficient (Wildman–Crippen LogP) is 15.6. The van der Waals surface area contributed by atoms with Crippen LogP contribution in [-0.2, 0) is 0 Å². The topological polar surface area (TPSA) is 15.3 Å². The van der Waals surface area contributed by atoms with Crippen molar-refractivity contribution >= 4 is 38.6 Å². The molecule has 0 spiro atoms. The molecule has 0 saturated carbocycles. The van der Waals surface area contributed by atoms with Crippen LogP contribution in [0.3, 0.4) is 0 Å². The molecule has 0 radical (unpaired) electrons. The van der Waals surface area contributed by atoms with Crippen LogP contribution in [0.2, 0.25) is 0 Å². The van der Waals surface area contributed by atoms with Crippen molar-refractivity contribution in [1.29, 1.82) is 0 Å². The monoisotopic (exact) mass is 752 g/mol. The van der Waals surface area contributed by atoms with Crippen LogP contribution in [0.1, 0.15) is 11.7 Å². The summed E-state index contributed by atoms with van der Waals surface area (Å²) >= 11 is 0. The molecule has 1 atom stereocenters. The number of hydrogen-bond donors (Lipinski definition) is 1. The van der Waals surface area contributed by atoms with Crippen molar-refractivity contribution in [3.05, 3.63) is 236 Å². The minimum Gasteiger partial charge on any atom is -0.359 e. The van der Waals surface area contributed by atoms with E-state index in [0.29, 0.717) is 0 Å². The molecule has 59 heavy (non-hydrogen) atoms. The lowest BCUT2D eigenvalue weighted by molar-refractivity contribution is 0.828. The standard InChI is InChI=1S/C57H40N2/c1-4-18-40(19-5-1)45-24-10-12-26-47(45)55-49-28-14-15-29-50(49)56(48-27-13-11-25-46(48)41-20-6-2-7-21-41)52-38-43(36-37-51(52)55)39-32-34-42(35-33-39)57-58-53-30-16-17-31-54(53)59(57)44-22-8-3-9-23-44/h1-38,57-58H. The Morgan fingerprint density at radius 1 is 0.322 bits per heavy atom. The molecule has 278 valence electrons. The number of nitrogens with one attached hydrogen (secondary N) is 1. The van der Waals surface area contributed by atoms with E-state index < -0.39 is 0 Å². The quantitative estimate of drug-likeness (QED) is 0.163. The van der Waals surface area contributed by atoms with Gasteiger partial charge in [0.25, 0.3) is 0 Å². The Morgan fingerprint density at radius 3 is 1.39 bits per heavy atom. The normalized spacial score (nSPS) is 13.4. The van der Waals surface area contributed by atoms with Gasteiger partial charge in [-0.05, 0) is 113 Å². The molecule has 11 rings (SSSR count). The molecule has 0 fully saturated rings. The molecule has 0 amide bonds. The molecule has 0 aliphatic carbocycles. The molecule has 1 N–H and O–H groups in total. The number of fused-ring (bicyclic) bond motifs is 3. The zero-order chi connectivity index (χ0) is 39.1. The van der Waals surface area contributed by atoms with Gasteiger partial charge in [0.05, 0.1) is 11.4 Å². The number of hydrogen-bond acceptors (Lipinski definition) is 2. The highest BCUT2D eigenvalue weighted by atomic mass is 15.3. The Morgan fingerprint density at radius 2 is 0.780 bits per heavy atom. The summed E-state index contributed by atoms with van der Waals surface area (Å²) in [6.07, 6.45) is -0.0276. The first-order valence-corrected chi connectivity index (χ1v) is 20.4. The largest absolute Gasteiger partial charge is 0.359 e. The van der Waals surface area contributed by atoms with Gasteiger partial charge in [0.2, 0.25) is 0 Å². The van der Waals surface area contributed by atoms with Crippen molar-refractivity contribution in [1.82, 2.24) is 0 Å². The van der Waals surface area contributed by atoms with Crippen molar-refractivity contribution < 1.29 is 0 Å². The van der Waals surface area contributed by atoms with Gasteiger partial charge in [-0.1, -0.05) is 200 Å². The second kappa shape index (κ2) is 14.7. The summed E-state index contributed by atoms with van der Waals surface area (Å²) in [6, 6.07) is 83.8. The first-order chi connectivity index (χ1) is 29.3. The molecule has 0 bridgehead atoms. The summed E-state index contributed by atoms with van der Waals surface area (Å²) in [4.78, 5) is 2.40. The highest BCUT2D eigenvalue weighted by Crippen LogP contribution is 2.49. The van der Waals surface area contributed by atoms with Gasteiger partial charge >= 0.3 is 0 Å². The molecular weight excluding hydrogens is 713 g/mol. The van der Waals surface area contributed by atoms with Crippen molar-refractivity contribution in [3.8, 4) is 55.6 Å². The average molecular weight is 753 g/mol. The van der Waals surface area contributed by atoms with Crippen molar-refractivity contribution in [2.45, 2.75) is 6.17 Å². The van der Waals surface area contributed by atoms with Crippen LogP contribution in [0.25, 0.3) is 77.2 Å². The molecule has 1 aliphatic rings. The Balaban J connectivity index is 1.12. The van der Waals surface area contributed by atoms with E-state index in [1.807, 2.05) is 0 Å². The fourth-order valence-corrected chi connectivity index (χ4v) is 9.20. The number of rotatable bonds is 7. The summed E-state index contributed by atoms with van der Waals surface area (Å²) in [6.45, 7) is 0. The minimum absolute atomic E-state index is 0.0276. The summed E-state index contributed by atoms with van der Waals surface area (Å²) in [7, 11) is 0. The van der Waals surface area contributed by atoms with E-state index in [0.717, 1.165) is 11.4 Å². The second-order valence-corrected chi connectivity index (χ2v) is 15.3. The van der Waals surface area contributed by atoms with Gasteiger partial charge in [-0.25, -0.2) is 0 Å². The predicted molar refractivity (Wildman–Crippen MR) is 250 cm³/mol. The minimum atomic E-state index is -0.0276. The summed E-state index contributed by atoms with van der Waals surface area (Å²) < 4.78 is 0. The van der Waals surface area contributed by atoms with Gasteiger partial charge in [0, 0.05) is 5.69 Å². The van der Waals surface area contributed by atoms with Crippen LogP contribution in [0.5, 0.6) is 0 Å². The third-order valence-electron chi connectivity index (χ3n) is 11.9. The van der Waals surface area contributed by atoms with Crippen LogP contribution in [0.15, 0.2) is 231 Å². The molecular formula is C57H40N2. The molecule has 0 aromatic heterocycles. The fraction of sp³-hybridized carbons (Fsp3) is 0.0175. The maximum Gasteiger partial charge on any atom is 0.130 e. The van der Waals surface area contributed by atoms with Crippen molar-refractivity contribution in [3.63, 3.8) is 0 Å². The van der Waals surface area contributed by atoms with E-state index in [1.54, 1.807) is 0 Å². The summed E-state index contributed by atoms with van der Waals surface area (Å²) in [5.41, 5.74) is 16.9. The SMILES string of the molecule is c1ccc(-c2ccccc2-c2c3ccccc3c(-c3ccccc3-c3ccccc3)c3cc(-c4ccc(C5Nc6ccccc6N5c5ccccc5)cc4)ccc23)cc1. The zero-order valence-corrected chi connectivity index (χ0v) is 32.5. The summed E-state index contributed by atoms with van der Waals surface area (Å²) in [5.74, 6) is 0. The number of benzene rings is 10. The van der Waals surface area contributed by atoms with E-state index in [4.69, 9.17) is 0 Å². The molecule has 0 saturated heterocycles. The van der Waals surface area contributed by atoms with E-state index in [-0.39, 0.29) is 6.17 Å². The number of anilines is 3. The molecule has 2 heteroatoms. The first kappa shape index (κ1) is 34.6. The Hall–Kier alpha value is -7.68. The molecule has 10 aromatic carbocycles. The van der Waals surface area contributed by atoms with Gasteiger partial charge < -0.3 is 10.2 Å². The molecule has 2 nitrogen and oxygen atoms in total. The lowest BCUT2D eigenvalue weighted by Gasteiger charge is -2.27. The Bertz CT molecular complexity index is 3120. The van der Waals surface area contributed by atoms with E-state index in [1.165, 1.54) is 88.4 Å². The van der Waals surface area contributed by atoms with Gasteiger partial charge in [-0.2, -0.15) is 0 Å². The third-order valence-corrected chi connectivity index (χ3v) is 11.9. The molecule has 1 unspecified atom stereocenters. The van der Waals surface area contributed by atoms with Gasteiger partial charge in [-0.15, -0.1) is 0 Å². The maximum atomic E-state index is 3.81. The van der Waals surface area contributed by atoms with Crippen molar-refractivity contribution in [2.24, 2.45) is 0 Å². The van der Waals surface area contributed by atoms with Gasteiger partial charge in [-0.3, -0.25) is 0 Å². The van der Waals surface area contributed by atoms with Gasteiger partial charge in [0.15, 0.2) is 0 Å². The summed E-state index contributed by atoms with van der Waals surface area (Å²) in [5, 5.41) is 8.75. The lowest BCUT2D eigenvalue weighted by Crippen LogP contribution is -2.23. The lowest BCUT2D eigenvalue weighted by atomic mass is 9.81. The highest BCUT2D eigenvalue weighted by Gasteiger charge is 2.31. The molecule has 1 heterocycles. The maximum absolute atomic E-state index is 3.81. The highest BCUT2D eigenvalue weighted by molar-refractivity contribution is 6.23. The first-order valence-electron chi connectivity index (χ1n) is 20.4. The van der Waals surface area contributed by atoms with Crippen molar-refractivity contribution in [2.75, 3.05) is 10.2 Å². The molecule has 10 aromatic rings. The van der Waals surface area contributed by atoms with E-state index in [9.17, 15) is 0 Å². The number of para-hydroxylation sites is 3. The zero-order valence-electron chi connectivity index (χ0n) is 32.5. The van der Waals surface area contributed by atoms with E-state index >= 15 is 0 Å². The Labute approximate surface area is 345 Å². The van der Waals surface area contributed by atoms with E-state index in [2.05, 4.69) is 241 Å². The van der Waals surface area contributed by atoms with Crippen LogP contribution >= 0.6 is 0 Å². The molecule has 1 aliphatic heterocycles. The van der Waals surface area contributed by atoms with Crippen LogP contribution in [-0.4, -0.2) is 0 Å². The smallest absolute Gasteiger partial charge is 0.130 e. The average Bonchev–Trinajstić information content (AvgIpc) is 3.71. The Kier molecular flexibility index (Phi) is 8.60. The third kappa shape index (κ3) is 6.05. The second-order valence-electron chi connectivity index (χ2n) is 15.3. The number of nitrogens with zero attached hydrogens (tertiary/aromatic N) is 1. The van der Waals surface area contributed by atoms with Gasteiger partial charge in [0.1, 0.15) is 6.17 Å². The van der Waals surface area contributed by atoms with Crippen LogP contribution in [0, 0.1) is 0 Å². The fourth-order valence-electron chi connectivity index (χ4n) is 9.20.